The summed E-state index contributed by atoms with van der Waals surface area (Å²) in [6, 6.07) is 16.3. The van der Waals surface area contributed by atoms with Crippen molar-refractivity contribution in [3.8, 4) is 5.69 Å². The molecule has 0 saturated carbocycles. The van der Waals surface area contributed by atoms with E-state index in [1.165, 1.54) is 0 Å². The SMILES string of the molecule is Cc1cc(C(=O)N2CCN(C(=O)c3ccc(Cl)cc3Cl)CC2)nn1-c1ccccc1. The third kappa shape index (κ3) is 4.06. The fourth-order valence-corrected chi connectivity index (χ4v) is 4.01. The van der Waals surface area contributed by atoms with Crippen LogP contribution in [-0.4, -0.2) is 57.6 Å². The van der Waals surface area contributed by atoms with Crippen LogP contribution in [0.2, 0.25) is 10.0 Å². The van der Waals surface area contributed by atoms with Gasteiger partial charge < -0.3 is 9.80 Å². The fourth-order valence-electron chi connectivity index (χ4n) is 3.52. The van der Waals surface area contributed by atoms with E-state index in [-0.39, 0.29) is 11.8 Å². The zero-order chi connectivity index (χ0) is 21.3. The molecule has 1 saturated heterocycles. The fraction of sp³-hybridized carbons (Fsp3) is 0.227. The van der Waals surface area contributed by atoms with Gasteiger partial charge in [-0.3, -0.25) is 9.59 Å². The highest BCUT2D eigenvalue weighted by Gasteiger charge is 2.28. The van der Waals surface area contributed by atoms with Crippen molar-refractivity contribution < 1.29 is 9.59 Å². The minimum absolute atomic E-state index is 0.135. The standard InChI is InChI=1S/C22H20Cl2N4O2/c1-15-13-20(25-28(15)17-5-3-2-4-6-17)22(30)27-11-9-26(10-12-27)21(29)18-8-7-16(23)14-19(18)24/h2-8,13-14H,9-12H2,1H3. The van der Waals surface area contributed by atoms with Crippen LogP contribution < -0.4 is 0 Å². The first-order chi connectivity index (χ1) is 14.4. The number of hydrogen-bond donors (Lipinski definition) is 0. The second-order valence-corrected chi connectivity index (χ2v) is 7.97. The summed E-state index contributed by atoms with van der Waals surface area (Å²) in [4.78, 5) is 29.1. The molecule has 6 nitrogen and oxygen atoms in total. The summed E-state index contributed by atoms with van der Waals surface area (Å²) in [7, 11) is 0. The Kier molecular flexibility index (Phi) is 5.79. The highest BCUT2D eigenvalue weighted by Crippen LogP contribution is 2.23. The Bertz CT molecular complexity index is 1090. The van der Waals surface area contributed by atoms with E-state index in [0.29, 0.717) is 47.5 Å². The van der Waals surface area contributed by atoms with E-state index >= 15 is 0 Å². The molecule has 1 aliphatic rings. The monoisotopic (exact) mass is 442 g/mol. The maximum Gasteiger partial charge on any atom is 0.274 e. The van der Waals surface area contributed by atoms with E-state index in [2.05, 4.69) is 5.10 Å². The summed E-state index contributed by atoms with van der Waals surface area (Å²) in [5, 5.41) is 5.30. The average Bonchev–Trinajstić information content (AvgIpc) is 3.15. The van der Waals surface area contributed by atoms with Gasteiger partial charge >= 0.3 is 0 Å². The predicted octanol–water partition coefficient (Wildman–Crippen LogP) is 4.09. The Morgan fingerprint density at radius 3 is 2.13 bits per heavy atom. The summed E-state index contributed by atoms with van der Waals surface area (Å²) in [6.07, 6.45) is 0. The van der Waals surface area contributed by atoms with Gasteiger partial charge in [-0.2, -0.15) is 5.10 Å². The molecule has 1 aliphatic heterocycles. The number of halogens is 2. The zero-order valence-corrected chi connectivity index (χ0v) is 17.9. The average molecular weight is 443 g/mol. The number of benzene rings is 2. The van der Waals surface area contributed by atoms with Gasteiger partial charge in [0, 0.05) is 36.9 Å². The van der Waals surface area contributed by atoms with Gasteiger partial charge in [-0.05, 0) is 43.3 Å². The Morgan fingerprint density at radius 1 is 0.867 bits per heavy atom. The van der Waals surface area contributed by atoms with Gasteiger partial charge in [0.05, 0.1) is 16.3 Å². The Balaban J connectivity index is 1.43. The molecule has 0 spiro atoms. The summed E-state index contributed by atoms with van der Waals surface area (Å²) in [5.41, 5.74) is 2.61. The molecule has 2 heterocycles. The molecule has 2 amide bonds. The van der Waals surface area contributed by atoms with Crippen molar-refractivity contribution in [3.05, 3.63) is 81.6 Å². The molecule has 4 rings (SSSR count). The number of carbonyl (C=O) groups excluding carboxylic acids is 2. The number of carbonyl (C=O) groups is 2. The number of nitrogens with zero attached hydrogens (tertiary/aromatic N) is 4. The normalized spacial score (nSPS) is 14.1. The predicted molar refractivity (Wildman–Crippen MR) is 117 cm³/mol. The summed E-state index contributed by atoms with van der Waals surface area (Å²) in [5.74, 6) is -0.294. The summed E-state index contributed by atoms with van der Waals surface area (Å²) < 4.78 is 1.76. The van der Waals surface area contributed by atoms with Crippen LogP contribution in [0, 0.1) is 6.92 Å². The molecule has 8 heteroatoms. The first kappa shape index (κ1) is 20.4. The van der Waals surface area contributed by atoms with Gasteiger partial charge in [-0.15, -0.1) is 0 Å². The quantitative estimate of drug-likeness (QED) is 0.613. The first-order valence-corrected chi connectivity index (χ1v) is 10.4. The lowest BCUT2D eigenvalue weighted by atomic mass is 10.1. The smallest absolute Gasteiger partial charge is 0.274 e. The van der Waals surface area contributed by atoms with Crippen molar-refractivity contribution in [2.24, 2.45) is 0 Å². The van der Waals surface area contributed by atoms with Gasteiger partial charge in [0.2, 0.25) is 0 Å². The van der Waals surface area contributed by atoms with Gasteiger partial charge in [0.1, 0.15) is 0 Å². The molecule has 0 atom stereocenters. The van der Waals surface area contributed by atoms with Crippen LogP contribution in [0.3, 0.4) is 0 Å². The van der Waals surface area contributed by atoms with Crippen molar-refractivity contribution in [1.82, 2.24) is 19.6 Å². The number of amides is 2. The topological polar surface area (TPSA) is 58.4 Å². The first-order valence-electron chi connectivity index (χ1n) is 9.60. The summed E-state index contributed by atoms with van der Waals surface area (Å²) in [6.45, 7) is 3.66. The van der Waals surface area contributed by atoms with Crippen LogP contribution in [-0.2, 0) is 0 Å². The molecule has 3 aromatic rings. The molecule has 0 N–H and O–H groups in total. The van der Waals surface area contributed by atoms with Crippen molar-refractivity contribution in [2.75, 3.05) is 26.2 Å². The molecule has 2 aromatic carbocycles. The van der Waals surface area contributed by atoms with Gasteiger partial charge in [-0.1, -0.05) is 41.4 Å². The van der Waals surface area contributed by atoms with Gasteiger partial charge in [-0.25, -0.2) is 4.68 Å². The number of rotatable bonds is 3. The summed E-state index contributed by atoms with van der Waals surface area (Å²) >= 11 is 12.1. The largest absolute Gasteiger partial charge is 0.335 e. The third-order valence-electron chi connectivity index (χ3n) is 5.12. The van der Waals surface area contributed by atoms with Crippen LogP contribution >= 0.6 is 23.2 Å². The zero-order valence-electron chi connectivity index (χ0n) is 16.4. The minimum Gasteiger partial charge on any atom is -0.335 e. The van der Waals surface area contributed by atoms with Crippen molar-refractivity contribution >= 4 is 35.0 Å². The maximum absolute atomic E-state index is 12.9. The number of aryl methyl sites for hydroxylation is 1. The van der Waals surface area contributed by atoms with E-state index < -0.39 is 0 Å². The molecule has 0 bridgehead atoms. The maximum atomic E-state index is 12.9. The number of aromatic nitrogens is 2. The molecule has 0 aliphatic carbocycles. The van der Waals surface area contributed by atoms with E-state index in [4.69, 9.17) is 23.2 Å². The highest BCUT2D eigenvalue weighted by atomic mass is 35.5. The Hall–Kier alpha value is -2.83. The van der Waals surface area contributed by atoms with Crippen LogP contribution in [0.15, 0.2) is 54.6 Å². The van der Waals surface area contributed by atoms with Gasteiger partial charge in [0.15, 0.2) is 5.69 Å². The molecule has 0 unspecified atom stereocenters. The number of para-hydroxylation sites is 1. The van der Waals surface area contributed by atoms with Crippen LogP contribution in [0.5, 0.6) is 0 Å². The molecule has 1 aromatic heterocycles. The van der Waals surface area contributed by atoms with E-state index in [9.17, 15) is 9.59 Å². The third-order valence-corrected chi connectivity index (χ3v) is 5.67. The van der Waals surface area contributed by atoms with Crippen molar-refractivity contribution in [1.29, 1.82) is 0 Å². The lowest BCUT2D eigenvalue weighted by Crippen LogP contribution is -2.50. The molecule has 0 radical (unpaired) electrons. The van der Waals surface area contributed by atoms with Gasteiger partial charge in [0.25, 0.3) is 11.8 Å². The van der Waals surface area contributed by atoms with Crippen LogP contribution in [0.25, 0.3) is 5.69 Å². The van der Waals surface area contributed by atoms with E-state index in [1.54, 1.807) is 38.7 Å². The molecular formula is C22H20Cl2N4O2. The molecule has 1 fully saturated rings. The lowest BCUT2D eigenvalue weighted by molar-refractivity contribution is 0.0532. The number of hydrogen-bond acceptors (Lipinski definition) is 3. The second-order valence-electron chi connectivity index (χ2n) is 7.13. The Labute approximate surface area is 184 Å². The van der Waals surface area contributed by atoms with Crippen LogP contribution in [0.1, 0.15) is 26.5 Å². The van der Waals surface area contributed by atoms with Crippen LogP contribution in [0.4, 0.5) is 0 Å². The van der Waals surface area contributed by atoms with E-state index in [0.717, 1.165) is 11.4 Å². The van der Waals surface area contributed by atoms with Crippen molar-refractivity contribution in [2.45, 2.75) is 6.92 Å². The number of piperazine rings is 1. The second kappa shape index (κ2) is 8.50. The molecular weight excluding hydrogens is 423 g/mol. The molecule has 154 valence electrons. The molecule has 30 heavy (non-hydrogen) atoms. The lowest BCUT2D eigenvalue weighted by Gasteiger charge is -2.34. The van der Waals surface area contributed by atoms with Crippen molar-refractivity contribution in [3.63, 3.8) is 0 Å². The Morgan fingerprint density at radius 2 is 1.50 bits per heavy atom. The van der Waals surface area contributed by atoms with E-state index in [1.807, 2.05) is 37.3 Å². The minimum atomic E-state index is -0.159. The highest BCUT2D eigenvalue weighted by molar-refractivity contribution is 6.36.